The molecule has 0 aromatic heterocycles. The van der Waals surface area contributed by atoms with Crippen molar-refractivity contribution in [1.29, 1.82) is 0 Å². The Morgan fingerprint density at radius 1 is 1.37 bits per heavy atom. The smallest absolute Gasteiger partial charge is 0.306 e. The fraction of sp³-hybridized carbons (Fsp3) is 0.917. The van der Waals surface area contributed by atoms with Crippen LogP contribution in [0.4, 0.5) is 0 Å². The summed E-state index contributed by atoms with van der Waals surface area (Å²) >= 11 is 0. The van der Waals surface area contributed by atoms with E-state index in [2.05, 4.69) is 9.46 Å². The second-order valence-electron chi connectivity index (χ2n) is 5.19. The SMILES string of the molecule is CCOC(=O)CCS(=O)(=O)NCC(C)(C)CCCO. The molecule has 0 saturated heterocycles. The topological polar surface area (TPSA) is 92.7 Å². The number of hydrogen-bond acceptors (Lipinski definition) is 5. The third-order valence-electron chi connectivity index (χ3n) is 2.66. The lowest BCUT2D eigenvalue weighted by Crippen LogP contribution is -2.36. The van der Waals surface area contributed by atoms with Gasteiger partial charge in [-0.2, -0.15) is 0 Å². The molecule has 0 bridgehead atoms. The number of sulfonamides is 1. The number of carbonyl (C=O) groups is 1. The molecule has 0 rings (SSSR count). The number of hydrogen-bond donors (Lipinski definition) is 2. The van der Waals surface area contributed by atoms with Gasteiger partial charge in [0.2, 0.25) is 10.0 Å². The van der Waals surface area contributed by atoms with Crippen molar-refractivity contribution in [2.24, 2.45) is 5.41 Å². The van der Waals surface area contributed by atoms with Gasteiger partial charge in [0.15, 0.2) is 0 Å². The lowest BCUT2D eigenvalue weighted by atomic mass is 9.88. The molecule has 6 nitrogen and oxygen atoms in total. The molecule has 0 aromatic carbocycles. The minimum absolute atomic E-state index is 0.0963. The van der Waals surface area contributed by atoms with Crippen LogP contribution < -0.4 is 4.72 Å². The van der Waals surface area contributed by atoms with Gasteiger partial charge < -0.3 is 9.84 Å². The van der Waals surface area contributed by atoms with Crippen molar-refractivity contribution in [2.75, 3.05) is 25.5 Å². The zero-order valence-corrected chi connectivity index (χ0v) is 12.8. The van der Waals surface area contributed by atoms with Gasteiger partial charge in [0.1, 0.15) is 0 Å². The summed E-state index contributed by atoms with van der Waals surface area (Å²) in [6.45, 7) is 6.17. The Bertz CT molecular complexity index is 364. The predicted molar refractivity (Wildman–Crippen MR) is 73.1 cm³/mol. The molecule has 0 aliphatic heterocycles. The van der Waals surface area contributed by atoms with Gasteiger partial charge in [-0.1, -0.05) is 13.8 Å². The van der Waals surface area contributed by atoms with Gasteiger partial charge in [-0.3, -0.25) is 4.79 Å². The molecular formula is C12H25NO5S. The molecule has 0 atom stereocenters. The van der Waals surface area contributed by atoms with E-state index in [4.69, 9.17) is 5.11 Å². The van der Waals surface area contributed by atoms with Crippen molar-refractivity contribution in [2.45, 2.75) is 40.0 Å². The summed E-state index contributed by atoms with van der Waals surface area (Å²) in [6.07, 6.45) is 1.22. The van der Waals surface area contributed by atoms with Crippen LogP contribution in [0.15, 0.2) is 0 Å². The number of nitrogens with one attached hydrogen (secondary N) is 1. The standard InChI is InChI=1S/C12H25NO5S/c1-4-18-11(15)6-9-19(16,17)13-10-12(2,3)7-5-8-14/h13-14H,4-10H2,1-3H3. The summed E-state index contributed by atoms with van der Waals surface area (Å²) in [6, 6.07) is 0. The highest BCUT2D eigenvalue weighted by molar-refractivity contribution is 7.89. The summed E-state index contributed by atoms with van der Waals surface area (Å²) < 4.78 is 30.5. The van der Waals surface area contributed by atoms with Crippen molar-refractivity contribution in [1.82, 2.24) is 4.72 Å². The van der Waals surface area contributed by atoms with E-state index < -0.39 is 16.0 Å². The zero-order chi connectivity index (χ0) is 14.9. The van der Waals surface area contributed by atoms with E-state index in [1.165, 1.54) is 0 Å². The minimum Gasteiger partial charge on any atom is -0.466 e. The molecule has 19 heavy (non-hydrogen) atoms. The van der Waals surface area contributed by atoms with E-state index in [-0.39, 0.29) is 37.3 Å². The first kappa shape index (κ1) is 18.3. The number of carbonyl (C=O) groups excluding carboxylic acids is 1. The van der Waals surface area contributed by atoms with Crippen LogP contribution in [0.1, 0.15) is 40.0 Å². The molecule has 0 heterocycles. The second kappa shape index (κ2) is 8.50. The van der Waals surface area contributed by atoms with Crippen LogP contribution in [0.2, 0.25) is 0 Å². The van der Waals surface area contributed by atoms with Crippen LogP contribution in [0, 0.1) is 5.41 Å². The van der Waals surface area contributed by atoms with E-state index in [0.29, 0.717) is 6.42 Å². The maximum atomic E-state index is 11.7. The molecule has 0 spiro atoms. The maximum absolute atomic E-state index is 11.7. The molecule has 0 amide bonds. The average Bonchev–Trinajstić information content (AvgIpc) is 2.33. The Morgan fingerprint density at radius 3 is 2.53 bits per heavy atom. The number of aliphatic hydroxyl groups excluding tert-OH is 1. The molecule has 0 aromatic rings. The second-order valence-corrected chi connectivity index (χ2v) is 7.11. The van der Waals surface area contributed by atoms with Gasteiger partial charge in [0.25, 0.3) is 0 Å². The van der Waals surface area contributed by atoms with Crippen molar-refractivity contribution in [3.05, 3.63) is 0 Å². The van der Waals surface area contributed by atoms with Crippen LogP contribution in [-0.4, -0.2) is 45.0 Å². The Hall–Kier alpha value is -0.660. The highest BCUT2D eigenvalue weighted by Gasteiger charge is 2.21. The first-order chi connectivity index (χ1) is 8.72. The fourth-order valence-electron chi connectivity index (χ4n) is 1.47. The highest BCUT2D eigenvalue weighted by Crippen LogP contribution is 2.21. The summed E-state index contributed by atoms with van der Waals surface area (Å²) in [7, 11) is -3.47. The third kappa shape index (κ3) is 9.86. The van der Waals surface area contributed by atoms with E-state index in [9.17, 15) is 13.2 Å². The quantitative estimate of drug-likeness (QED) is 0.578. The fourth-order valence-corrected chi connectivity index (χ4v) is 2.66. The zero-order valence-electron chi connectivity index (χ0n) is 11.9. The lowest BCUT2D eigenvalue weighted by molar-refractivity contribution is -0.142. The first-order valence-corrected chi connectivity index (χ1v) is 8.11. The van der Waals surface area contributed by atoms with Crippen LogP contribution in [0.5, 0.6) is 0 Å². The Balaban J connectivity index is 4.12. The predicted octanol–water partition coefficient (Wildman–Crippen LogP) is 0.658. The molecule has 7 heteroatoms. The number of aliphatic hydroxyl groups is 1. The molecule has 0 aliphatic carbocycles. The maximum Gasteiger partial charge on any atom is 0.306 e. The average molecular weight is 295 g/mol. The first-order valence-electron chi connectivity index (χ1n) is 6.46. The molecular weight excluding hydrogens is 270 g/mol. The monoisotopic (exact) mass is 295 g/mol. The Kier molecular flexibility index (Phi) is 8.20. The van der Waals surface area contributed by atoms with Crippen LogP contribution in [-0.2, 0) is 19.6 Å². The summed E-state index contributed by atoms with van der Waals surface area (Å²) in [5.41, 5.74) is -0.222. The molecule has 0 fully saturated rings. The third-order valence-corrected chi connectivity index (χ3v) is 3.99. The van der Waals surface area contributed by atoms with E-state index in [1.807, 2.05) is 13.8 Å². The highest BCUT2D eigenvalue weighted by atomic mass is 32.2. The van der Waals surface area contributed by atoms with Gasteiger partial charge >= 0.3 is 5.97 Å². The largest absolute Gasteiger partial charge is 0.466 e. The van der Waals surface area contributed by atoms with Gasteiger partial charge in [-0.15, -0.1) is 0 Å². The summed E-state index contributed by atoms with van der Waals surface area (Å²) in [5.74, 6) is -0.769. The number of rotatable bonds is 10. The van der Waals surface area contributed by atoms with Gasteiger partial charge in [-0.05, 0) is 25.2 Å². The van der Waals surface area contributed by atoms with Gasteiger partial charge in [-0.25, -0.2) is 13.1 Å². The molecule has 2 N–H and O–H groups in total. The number of ether oxygens (including phenoxy) is 1. The lowest BCUT2D eigenvalue weighted by Gasteiger charge is -2.24. The van der Waals surface area contributed by atoms with Crippen LogP contribution >= 0.6 is 0 Å². The minimum atomic E-state index is -3.47. The van der Waals surface area contributed by atoms with Crippen molar-refractivity contribution >= 4 is 16.0 Å². The number of esters is 1. The van der Waals surface area contributed by atoms with E-state index >= 15 is 0 Å². The van der Waals surface area contributed by atoms with Crippen molar-refractivity contribution in [3.8, 4) is 0 Å². The molecule has 0 aliphatic rings. The van der Waals surface area contributed by atoms with Crippen molar-refractivity contribution in [3.63, 3.8) is 0 Å². The Morgan fingerprint density at radius 2 is 2.00 bits per heavy atom. The molecule has 0 unspecified atom stereocenters. The molecule has 0 radical (unpaired) electrons. The Labute approximate surface area is 115 Å². The normalized spacial score (nSPS) is 12.4. The van der Waals surface area contributed by atoms with Gasteiger partial charge in [0.05, 0.1) is 18.8 Å². The van der Waals surface area contributed by atoms with Crippen LogP contribution in [0.3, 0.4) is 0 Å². The molecule has 0 saturated carbocycles. The van der Waals surface area contributed by atoms with E-state index in [1.54, 1.807) is 6.92 Å². The van der Waals surface area contributed by atoms with Crippen LogP contribution in [0.25, 0.3) is 0 Å². The summed E-state index contributed by atoms with van der Waals surface area (Å²) in [4.78, 5) is 11.1. The molecule has 114 valence electrons. The van der Waals surface area contributed by atoms with Gasteiger partial charge in [0, 0.05) is 13.2 Å². The summed E-state index contributed by atoms with van der Waals surface area (Å²) in [5, 5.41) is 8.76. The van der Waals surface area contributed by atoms with E-state index in [0.717, 1.165) is 6.42 Å². The van der Waals surface area contributed by atoms with Crippen molar-refractivity contribution < 1.29 is 23.1 Å².